The maximum Gasteiger partial charge on any atom is 0.225 e. The molecule has 110 valence electrons. The topological polar surface area (TPSA) is 50.2 Å². The predicted molar refractivity (Wildman–Crippen MR) is 81.8 cm³/mol. The van der Waals surface area contributed by atoms with E-state index in [0.29, 0.717) is 6.54 Å². The number of hydrogen-bond acceptors (Lipinski definition) is 3. The zero-order chi connectivity index (χ0) is 14.7. The number of hydrogen-bond donors (Lipinski definition) is 1. The summed E-state index contributed by atoms with van der Waals surface area (Å²) in [4.78, 5) is 18.7. The Kier molecular flexibility index (Phi) is 3.90. The Balaban J connectivity index is 1.52. The summed E-state index contributed by atoms with van der Waals surface area (Å²) in [5, 5.41) is 2.98. The number of amides is 1. The summed E-state index contributed by atoms with van der Waals surface area (Å²) in [6, 6.07) is 10.3. The molecule has 0 radical (unpaired) electrons. The number of benzene rings is 1. The van der Waals surface area contributed by atoms with E-state index < -0.39 is 0 Å². The van der Waals surface area contributed by atoms with E-state index in [4.69, 9.17) is 0 Å². The van der Waals surface area contributed by atoms with E-state index in [-0.39, 0.29) is 11.8 Å². The zero-order valence-electron chi connectivity index (χ0n) is 12.2. The van der Waals surface area contributed by atoms with E-state index in [9.17, 15) is 4.79 Å². The first-order valence-corrected chi connectivity index (χ1v) is 7.27. The minimum absolute atomic E-state index is 0.0638. The highest BCUT2D eigenvalue weighted by molar-refractivity contribution is 5.80. The molecule has 21 heavy (non-hydrogen) atoms. The van der Waals surface area contributed by atoms with Crippen LogP contribution in [0.15, 0.2) is 42.9 Å². The van der Waals surface area contributed by atoms with Crippen molar-refractivity contribution in [1.82, 2.24) is 14.9 Å². The van der Waals surface area contributed by atoms with Gasteiger partial charge in [0.05, 0.1) is 24.5 Å². The maximum absolute atomic E-state index is 12.2. The Hall–Kier alpha value is -2.30. The van der Waals surface area contributed by atoms with Crippen LogP contribution in [0, 0.1) is 5.92 Å². The van der Waals surface area contributed by atoms with Crippen LogP contribution in [-0.2, 0) is 18.4 Å². The Bertz CT molecular complexity index is 608. The number of imidazole rings is 1. The number of aryl methyl sites for hydroxylation is 1. The number of carbonyl (C=O) groups is 1. The van der Waals surface area contributed by atoms with Gasteiger partial charge in [-0.05, 0) is 18.6 Å². The second-order valence-electron chi connectivity index (χ2n) is 5.52. The molecule has 1 amide bonds. The summed E-state index contributed by atoms with van der Waals surface area (Å²) in [6.45, 7) is 2.23. The van der Waals surface area contributed by atoms with Crippen molar-refractivity contribution in [3.05, 3.63) is 48.5 Å². The number of nitrogens with one attached hydrogen (secondary N) is 1. The molecule has 1 aromatic carbocycles. The van der Waals surface area contributed by atoms with E-state index in [1.165, 1.54) is 5.69 Å². The lowest BCUT2D eigenvalue weighted by Crippen LogP contribution is -2.32. The first-order chi connectivity index (χ1) is 10.2. The molecule has 1 fully saturated rings. The van der Waals surface area contributed by atoms with Crippen LogP contribution in [0.4, 0.5) is 5.69 Å². The molecule has 1 atom stereocenters. The molecule has 1 aliphatic rings. The van der Waals surface area contributed by atoms with Crippen molar-refractivity contribution in [2.45, 2.75) is 13.0 Å². The molecule has 0 spiro atoms. The van der Waals surface area contributed by atoms with Crippen molar-refractivity contribution in [2.75, 3.05) is 18.0 Å². The zero-order valence-corrected chi connectivity index (χ0v) is 12.2. The third-order valence-electron chi connectivity index (χ3n) is 3.88. The van der Waals surface area contributed by atoms with Crippen molar-refractivity contribution in [1.29, 1.82) is 0 Å². The lowest BCUT2D eigenvalue weighted by Gasteiger charge is -2.18. The van der Waals surface area contributed by atoms with Crippen LogP contribution >= 0.6 is 0 Å². The molecular weight excluding hydrogens is 264 g/mol. The van der Waals surface area contributed by atoms with E-state index in [2.05, 4.69) is 27.3 Å². The first-order valence-electron chi connectivity index (χ1n) is 7.27. The van der Waals surface area contributed by atoms with Gasteiger partial charge in [-0.2, -0.15) is 0 Å². The number of nitrogens with zero attached hydrogens (tertiary/aromatic N) is 3. The van der Waals surface area contributed by atoms with Crippen molar-refractivity contribution in [3.63, 3.8) is 0 Å². The highest BCUT2D eigenvalue weighted by atomic mass is 16.1. The van der Waals surface area contributed by atoms with Gasteiger partial charge in [0.15, 0.2) is 0 Å². The number of carbonyl (C=O) groups excluding carboxylic acids is 1. The normalized spacial score (nSPS) is 18.0. The monoisotopic (exact) mass is 284 g/mol. The quantitative estimate of drug-likeness (QED) is 0.927. The lowest BCUT2D eigenvalue weighted by atomic mass is 10.1. The molecule has 1 aliphatic heterocycles. The van der Waals surface area contributed by atoms with Gasteiger partial charge in [-0.1, -0.05) is 18.2 Å². The third kappa shape index (κ3) is 3.24. The molecular formula is C16H20N4O. The summed E-state index contributed by atoms with van der Waals surface area (Å²) in [6.07, 6.45) is 4.57. The molecule has 0 bridgehead atoms. The largest absolute Gasteiger partial charge is 0.371 e. The smallest absolute Gasteiger partial charge is 0.225 e. The van der Waals surface area contributed by atoms with Crippen LogP contribution in [0.2, 0.25) is 0 Å². The van der Waals surface area contributed by atoms with Crippen LogP contribution in [0.1, 0.15) is 12.1 Å². The highest BCUT2D eigenvalue weighted by Gasteiger charge is 2.28. The van der Waals surface area contributed by atoms with Crippen molar-refractivity contribution in [2.24, 2.45) is 13.0 Å². The third-order valence-corrected chi connectivity index (χ3v) is 3.88. The van der Waals surface area contributed by atoms with Gasteiger partial charge < -0.3 is 14.8 Å². The van der Waals surface area contributed by atoms with E-state index in [1.54, 1.807) is 6.33 Å². The van der Waals surface area contributed by atoms with Gasteiger partial charge in [0.2, 0.25) is 5.91 Å². The number of anilines is 1. The standard InChI is InChI=1S/C16H20N4O/c1-19-11-14(18-12-19)9-17-16(21)13-7-8-20(10-13)15-5-3-2-4-6-15/h2-6,11-13H,7-10H2,1H3,(H,17,21). The summed E-state index contributed by atoms with van der Waals surface area (Å²) < 4.78 is 1.88. The van der Waals surface area contributed by atoms with Crippen LogP contribution in [0.3, 0.4) is 0 Å². The number of rotatable bonds is 4. The van der Waals surface area contributed by atoms with Crippen LogP contribution < -0.4 is 10.2 Å². The fourth-order valence-electron chi connectivity index (χ4n) is 2.73. The molecule has 2 aromatic rings. The molecule has 5 heteroatoms. The number of para-hydroxylation sites is 1. The fourth-order valence-corrected chi connectivity index (χ4v) is 2.73. The van der Waals surface area contributed by atoms with Gasteiger partial charge in [0.1, 0.15) is 0 Å². The van der Waals surface area contributed by atoms with Crippen molar-refractivity contribution >= 4 is 11.6 Å². The Morgan fingerprint density at radius 1 is 1.38 bits per heavy atom. The van der Waals surface area contributed by atoms with Crippen molar-refractivity contribution in [3.8, 4) is 0 Å². The SMILES string of the molecule is Cn1cnc(CNC(=O)C2CCN(c3ccccc3)C2)c1. The van der Waals surface area contributed by atoms with E-state index >= 15 is 0 Å². The molecule has 0 saturated carbocycles. The summed E-state index contributed by atoms with van der Waals surface area (Å²) in [5.74, 6) is 0.188. The average Bonchev–Trinajstić information content (AvgIpc) is 3.15. The molecule has 5 nitrogen and oxygen atoms in total. The van der Waals surface area contributed by atoms with E-state index in [0.717, 1.165) is 25.2 Å². The molecule has 3 rings (SSSR count). The van der Waals surface area contributed by atoms with E-state index in [1.807, 2.05) is 36.0 Å². The Labute approximate surface area is 124 Å². The predicted octanol–water partition coefficient (Wildman–Crippen LogP) is 1.56. The maximum atomic E-state index is 12.2. The first kappa shape index (κ1) is 13.7. The Morgan fingerprint density at radius 3 is 2.90 bits per heavy atom. The second kappa shape index (κ2) is 5.99. The minimum atomic E-state index is 0.0638. The summed E-state index contributed by atoms with van der Waals surface area (Å²) in [5.41, 5.74) is 2.08. The highest BCUT2D eigenvalue weighted by Crippen LogP contribution is 2.23. The fraction of sp³-hybridized carbons (Fsp3) is 0.375. The van der Waals surface area contributed by atoms with Crippen LogP contribution in [-0.4, -0.2) is 28.5 Å². The van der Waals surface area contributed by atoms with Crippen LogP contribution in [0.25, 0.3) is 0 Å². The Morgan fingerprint density at radius 2 is 2.19 bits per heavy atom. The second-order valence-corrected chi connectivity index (χ2v) is 5.52. The molecule has 1 aromatic heterocycles. The lowest BCUT2D eigenvalue weighted by molar-refractivity contribution is -0.124. The average molecular weight is 284 g/mol. The van der Waals surface area contributed by atoms with Gasteiger partial charge in [0, 0.05) is 32.0 Å². The van der Waals surface area contributed by atoms with Gasteiger partial charge in [-0.25, -0.2) is 4.98 Å². The summed E-state index contributed by atoms with van der Waals surface area (Å²) in [7, 11) is 1.92. The molecule has 1 unspecified atom stereocenters. The molecule has 2 heterocycles. The molecule has 0 aliphatic carbocycles. The van der Waals surface area contributed by atoms with Gasteiger partial charge in [0.25, 0.3) is 0 Å². The van der Waals surface area contributed by atoms with Gasteiger partial charge in [-0.15, -0.1) is 0 Å². The minimum Gasteiger partial charge on any atom is -0.371 e. The molecule has 1 N–H and O–H groups in total. The van der Waals surface area contributed by atoms with Gasteiger partial charge in [-0.3, -0.25) is 4.79 Å². The number of aromatic nitrogens is 2. The van der Waals surface area contributed by atoms with Gasteiger partial charge >= 0.3 is 0 Å². The van der Waals surface area contributed by atoms with Crippen molar-refractivity contribution < 1.29 is 4.79 Å². The summed E-state index contributed by atoms with van der Waals surface area (Å²) >= 11 is 0. The molecule has 1 saturated heterocycles. The van der Waals surface area contributed by atoms with Crippen LogP contribution in [0.5, 0.6) is 0 Å².